The lowest BCUT2D eigenvalue weighted by Crippen LogP contribution is -2.46. The van der Waals surface area contributed by atoms with E-state index in [2.05, 4.69) is 0 Å². The molecule has 0 aromatic rings. The average Bonchev–Trinajstić information content (AvgIpc) is 2.51. The van der Waals surface area contributed by atoms with Gasteiger partial charge in [0.05, 0.1) is 6.61 Å². The molecule has 1 aliphatic rings. The van der Waals surface area contributed by atoms with Gasteiger partial charge >= 0.3 is 12.1 Å². The molecular formula is C12H20F3NO3. The topological polar surface area (TPSA) is 49.8 Å². The van der Waals surface area contributed by atoms with Crippen LogP contribution in [0.1, 0.15) is 33.1 Å². The molecule has 0 radical (unpaired) electrons. The summed E-state index contributed by atoms with van der Waals surface area (Å²) in [6.45, 7) is 3.89. The first kappa shape index (κ1) is 16.2. The van der Waals surface area contributed by atoms with Crippen molar-refractivity contribution in [2.45, 2.75) is 50.9 Å². The number of hydrogen-bond donors (Lipinski definition) is 1. The minimum absolute atomic E-state index is 0.0238. The third-order valence-electron chi connectivity index (χ3n) is 3.55. The van der Waals surface area contributed by atoms with Gasteiger partial charge in [-0.25, -0.2) is 0 Å². The third-order valence-corrected chi connectivity index (χ3v) is 3.55. The molecule has 1 saturated heterocycles. The Bertz CT molecular complexity index is 322. The maximum atomic E-state index is 12.8. The van der Waals surface area contributed by atoms with Crippen LogP contribution in [0.4, 0.5) is 13.2 Å². The molecule has 112 valence electrons. The quantitative estimate of drug-likeness (QED) is 0.801. The van der Waals surface area contributed by atoms with Crippen LogP contribution in [0, 0.1) is 0 Å². The number of likely N-dealkylation sites (tertiary alicyclic amines) is 1. The fourth-order valence-electron chi connectivity index (χ4n) is 2.22. The molecule has 0 aromatic carbocycles. The predicted molar refractivity (Wildman–Crippen MR) is 62.5 cm³/mol. The minimum atomic E-state index is -4.63. The van der Waals surface area contributed by atoms with Crippen molar-refractivity contribution < 1.29 is 27.8 Å². The van der Waals surface area contributed by atoms with Gasteiger partial charge in [-0.3, -0.25) is 9.69 Å². The van der Waals surface area contributed by atoms with Gasteiger partial charge in [-0.05, 0) is 39.7 Å². The zero-order valence-electron chi connectivity index (χ0n) is 11.2. The fourth-order valence-corrected chi connectivity index (χ4v) is 2.22. The van der Waals surface area contributed by atoms with Crippen molar-refractivity contribution in [2.75, 3.05) is 19.7 Å². The van der Waals surface area contributed by atoms with Gasteiger partial charge in [0.2, 0.25) is 0 Å². The van der Waals surface area contributed by atoms with Gasteiger partial charge in [0, 0.05) is 6.54 Å². The lowest BCUT2D eigenvalue weighted by molar-refractivity contribution is -0.263. The maximum Gasteiger partial charge on any atom is 0.417 e. The molecule has 1 rings (SSSR count). The van der Waals surface area contributed by atoms with Gasteiger partial charge in [-0.2, -0.15) is 13.2 Å². The van der Waals surface area contributed by atoms with Crippen molar-refractivity contribution in [3.05, 3.63) is 0 Å². The van der Waals surface area contributed by atoms with Crippen LogP contribution in [0.15, 0.2) is 0 Å². The van der Waals surface area contributed by atoms with Crippen molar-refractivity contribution in [3.8, 4) is 0 Å². The highest BCUT2D eigenvalue weighted by Gasteiger charge is 2.53. The number of hydrogen-bond acceptors (Lipinski definition) is 4. The molecule has 19 heavy (non-hydrogen) atoms. The maximum absolute atomic E-state index is 12.8. The number of aliphatic hydroxyl groups is 1. The average molecular weight is 283 g/mol. The van der Waals surface area contributed by atoms with Gasteiger partial charge in [0.1, 0.15) is 6.04 Å². The van der Waals surface area contributed by atoms with Crippen LogP contribution in [0.2, 0.25) is 0 Å². The second-order valence-corrected chi connectivity index (χ2v) is 4.85. The Morgan fingerprint density at radius 1 is 1.42 bits per heavy atom. The van der Waals surface area contributed by atoms with Gasteiger partial charge in [-0.1, -0.05) is 0 Å². The molecule has 2 unspecified atom stereocenters. The number of halogens is 3. The molecule has 1 heterocycles. The predicted octanol–water partition coefficient (Wildman–Crippen LogP) is 1.72. The molecule has 0 bridgehead atoms. The number of ether oxygens (including phenoxy) is 1. The standard InChI is InChI=1S/C12H20F3NO3/c1-3-19-10(17)9(2)16-7-4-5-11(18,6-8-16)12(13,14)15/h9,18H,3-8H2,1-2H3. The van der Waals surface area contributed by atoms with E-state index in [4.69, 9.17) is 4.74 Å². The molecule has 0 aromatic heterocycles. The minimum Gasteiger partial charge on any atom is -0.465 e. The molecule has 1 fully saturated rings. The SMILES string of the molecule is CCOC(=O)C(C)N1CCCC(O)(C(F)(F)F)CC1. The second kappa shape index (κ2) is 6.09. The first-order valence-corrected chi connectivity index (χ1v) is 6.41. The largest absolute Gasteiger partial charge is 0.465 e. The molecule has 4 nitrogen and oxygen atoms in total. The molecule has 2 atom stereocenters. The van der Waals surface area contributed by atoms with Gasteiger partial charge in [0.25, 0.3) is 0 Å². The summed E-state index contributed by atoms with van der Waals surface area (Å²) in [5, 5.41) is 9.66. The Labute approximate surface area is 110 Å². The Hall–Kier alpha value is -0.820. The number of carbonyl (C=O) groups is 1. The Balaban J connectivity index is 2.66. The van der Waals surface area contributed by atoms with Crippen molar-refractivity contribution >= 4 is 5.97 Å². The first-order valence-electron chi connectivity index (χ1n) is 6.41. The van der Waals surface area contributed by atoms with E-state index >= 15 is 0 Å². The van der Waals surface area contributed by atoms with Gasteiger partial charge in [0.15, 0.2) is 5.60 Å². The number of alkyl halides is 3. The monoisotopic (exact) mass is 283 g/mol. The Morgan fingerprint density at radius 3 is 2.58 bits per heavy atom. The summed E-state index contributed by atoms with van der Waals surface area (Å²) < 4.78 is 43.1. The normalized spacial score (nSPS) is 27.7. The molecule has 0 saturated carbocycles. The molecule has 1 N–H and O–H groups in total. The molecule has 0 amide bonds. The zero-order valence-corrected chi connectivity index (χ0v) is 11.2. The summed E-state index contributed by atoms with van der Waals surface area (Å²) in [7, 11) is 0. The molecule has 0 aliphatic carbocycles. The van der Waals surface area contributed by atoms with E-state index in [0.717, 1.165) is 0 Å². The third kappa shape index (κ3) is 3.82. The van der Waals surface area contributed by atoms with E-state index in [1.807, 2.05) is 0 Å². The summed E-state index contributed by atoms with van der Waals surface area (Å²) in [5.74, 6) is -0.444. The number of nitrogens with zero attached hydrogens (tertiary/aromatic N) is 1. The molecule has 7 heteroatoms. The van der Waals surface area contributed by atoms with E-state index in [1.54, 1.807) is 18.7 Å². The summed E-state index contributed by atoms with van der Waals surface area (Å²) in [6.07, 6.45) is -5.18. The summed E-state index contributed by atoms with van der Waals surface area (Å²) in [6, 6.07) is -0.587. The van der Waals surface area contributed by atoms with E-state index < -0.39 is 30.2 Å². The van der Waals surface area contributed by atoms with Crippen LogP contribution in [0.25, 0.3) is 0 Å². The van der Waals surface area contributed by atoms with E-state index in [9.17, 15) is 23.1 Å². The molecule has 0 spiro atoms. The Kier molecular flexibility index (Phi) is 5.20. The Morgan fingerprint density at radius 2 is 2.05 bits per heavy atom. The van der Waals surface area contributed by atoms with Crippen LogP contribution in [0.5, 0.6) is 0 Å². The van der Waals surface area contributed by atoms with Crippen molar-refractivity contribution in [2.24, 2.45) is 0 Å². The number of esters is 1. The van der Waals surface area contributed by atoms with E-state index in [1.165, 1.54) is 0 Å². The summed E-state index contributed by atoms with van der Waals surface area (Å²) in [4.78, 5) is 13.2. The van der Waals surface area contributed by atoms with Crippen LogP contribution in [-0.4, -0.2) is 53.5 Å². The van der Waals surface area contributed by atoms with Crippen molar-refractivity contribution in [3.63, 3.8) is 0 Å². The van der Waals surface area contributed by atoms with Gasteiger partial charge < -0.3 is 9.84 Å². The van der Waals surface area contributed by atoms with Gasteiger partial charge in [-0.15, -0.1) is 0 Å². The fraction of sp³-hybridized carbons (Fsp3) is 0.917. The molecule has 1 aliphatic heterocycles. The number of rotatable bonds is 3. The van der Waals surface area contributed by atoms with Crippen LogP contribution in [0.3, 0.4) is 0 Å². The second-order valence-electron chi connectivity index (χ2n) is 4.85. The summed E-state index contributed by atoms with van der Waals surface area (Å²) >= 11 is 0. The van der Waals surface area contributed by atoms with E-state index in [-0.39, 0.29) is 26.0 Å². The highest BCUT2D eigenvalue weighted by molar-refractivity contribution is 5.75. The number of carbonyl (C=O) groups excluding carboxylic acids is 1. The van der Waals surface area contributed by atoms with Crippen LogP contribution < -0.4 is 0 Å². The van der Waals surface area contributed by atoms with Crippen molar-refractivity contribution in [1.29, 1.82) is 0 Å². The van der Waals surface area contributed by atoms with Crippen LogP contribution >= 0.6 is 0 Å². The zero-order chi connectivity index (χ0) is 14.7. The van der Waals surface area contributed by atoms with E-state index in [0.29, 0.717) is 6.54 Å². The highest BCUT2D eigenvalue weighted by atomic mass is 19.4. The lowest BCUT2D eigenvalue weighted by atomic mass is 9.94. The smallest absolute Gasteiger partial charge is 0.417 e. The van der Waals surface area contributed by atoms with Crippen molar-refractivity contribution in [1.82, 2.24) is 4.90 Å². The first-order chi connectivity index (χ1) is 8.71. The van der Waals surface area contributed by atoms with Crippen LogP contribution in [-0.2, 0) is 9.53 Å². The lowest BCUT2D eigenvalue weighted by Gasteiger charge is -2.30. The highest BCUT2D eigenvalue weighted by Crippen LogP contribution is 2.38. The molecular weight excluding hydrogens is 263 g/mol. The summed E-state index contributed by atoms with van der Waals surface area (Å²) in [5.41, 5.74) is -2.64.